The monoisotopic (exact) mass is 422 g/mol. The van der Waals surface area contributed by atoms with E-state index in [9.17, 15) is 0 Å². The standard InChI is InChI=1S/2C13H11Cl.H2O/c2*1-10-9-12(7-8-13(10)14)11-5-3-2-4-6-11;/h2*2-9H,1H3;1H2. The van der Waals surface area contributed by atoms with E-state index in [1.165, 1.54) is 22.3 Å². The zero-order valence-corrected chi connectivity index (χ0v) is 18.0. The summed E-state index contributed by atoms with van der Waals surface area (Å²) in [6.07, 6.45) is 0. The van der Waals surface area contributed by atoms with Crippen molar-refractivity contribution in [2.45, 2.75) is 13.8 Å². The summed E-state index contributed by atoms with van der Waals surface area (Å²) in [6.45, 7) is 4.05. The predicted octanol–water partition coefficient (Wildman–Crippen LogP) is 7.81. The molecule has 4 aromatic carbocycles. The van der Waals surface area contributed by atoms with Gasteiger partial charge in [-0.3, -0.25) is 0 Å². The highest BCUT2D eigenvalue weighted by atomic mass is 35.5. The average molecular weight is 423 g/mol. The van der Waals surface area contributed by atoms with Crippen LogP contribution in [0.1, 0.15) is 11.1 Å². The van der Waals surface area contributed by atoms with Crippen molar-refractivity contribution in [3.8, 4) is 22.3 Å². The van der Waals surface area contributed by atoms with Crippen LogP contribution in [0.4, 0.5) is 0 Å². The van der Waals surface area contributed by atoms with Gasteiger partial charge < -0.3 is 5.48 Å². The van der Waals surface area contributed by atoms with Crippen LogP contribution >= 0.6 is 23.2 Å². The van der Waals surface area contributed by atoms with E-state index in [0.717, 1.165) is 21.2 Å². The largest absolute Gasteiger partial charge is 0.412 e. The van der Waals surface area contributed by atoms with E-state index in [2.05, 4.69) is 36.4 Å². The van der Waals surface area contributed by atoms with E-state index in [4.69, 9.17) is 23.2 Å². The second kappa shape index (κ2) is 10.8. The molecule has 4 rings (SSSR count). The molecule has 0 aliphatic heterocycles. The van der Waals surface area contributed by atoms with Crippen LogP contribution in [0, 0.1) is 13.8 Å². The smallest absolute Gasteiger partial charge is 0.0435 e. The maximum absolute atomic E-state index is 5.97. The van der Waals surface area contributed by atoms with Crippen molar-refractivity contribution in [1.82, 2.24) is 0 Å². The lowest BCUT2D eigenvalue weighted by molar-refractivity contribution is 0.824. The van der Waals surface area contributed by atoms with Crippen molar-refractivity contribution in [2.24, 2.45) is 0 Å². The Morgan fingerprint density at radius 3 is 1.10 bits per heavy atom. The van der Waals surface area contributed by atoms with Gasteiger partial charge in [-0.1, -0.05) is 96.0 Å². The Morgan fingerprint density at radius 2 is 0.793 bits per heavy atom. The summed E-state index contributed by atoms with van der Waals surface area (Å²) >= 11 is 11.9. The Balaban J connectivity index is 0.000000200. The van der Waals surface area contributed by atoms with Gasteiger partial charge in [-0.15, -0.1) is 0 Å². The first-order valence-electron chi connectivity index (χ1n) is 9.18. The zero-order chi connectivity index (χ0) is 19.9. The highest BCUT2D eigenvalue weighted by molar-refractivity contribution is 6.31. The molecule has 0 aliphatic carbocycles. The number of rotatable bonds is 2. The molecule has 0 spiro atoms. The summed E-state index contributed by atoms with van der Waals surface area (Å²) in [4.78, 5) is 0. The van der Waals surface area contributed by atoms with Crippen LogP contribution in [-0.2, 0) is 0 Å². The average Bonchev–Trinajstić information content (AvgIpc) is 2.74. The summed E-state index contributed by atoms with van der Waals surface area (Å²) < 4.78 is 0. The van der Waals surface area contributed by atoms with Gasteiger partial charge in [-0.2, -0.15) is 0 Å². The lowest BCUT2D eigenvalue weighted by Gasteiger charge is -2.03. The predicted molar refractivity (Wildman–Crippen MR) is 127 cm³/mol. The molecule has 0 atom stereocenters. The SMILES string of the molecule is Cc1cc(-c2ccccc2)ccc1Cl.Cc1cc(-c2ccccc2)ccc1Cl.O. The van der Waals surface area contributed by atoms with Gasteiger partial charge in [0.05, 0.1) is 0 Å². The molecule has 4 aromatic rings. The first kappa shape index (κ1) is 22.7. The molecule has 0 fully saturated rings. The van der Waals surface area contributed by atoms with E-state index < -0.39 is 0 Å². The third kappa shape index (κ3) is 6.20. The minimum Gasteiger partial charge on any atom is -0.412 e. The van der Waals surface area contributed by atoms with Crippen LogP contribution in [0.15, 0.2) is 97.1 Å². The Hall–Kier alpha value is -2.58. The molecular formula is C26H24Cl2O. The van der Waals surface area contributed by atoms with Gasteiger partial charge in [0, 0.05) is 10.0 Å². The van der Waals surface area contributed by atoms with E-state index in [0.29, 0.717) is 0 Å². The highest BCUT2D eigenvalue weighted by Gasteiger charge is 2.00. The van der Waals surface area contributed by atoms with Crippen molar-refractivity contribution in [2.75, 3.05) is 0 Å². The number of hydrogen-bond donors (Lipinski definition) is 0. The van der Waals surface area contributed by atoms with Gasteiger partial charge in [0.15, 0.2) is 0 Å². The van der Waals surface area contributed by atoms with Gasteiger partial charge >= 0.3 is 0 Å². The van der Waals surface area contributed by atoms with E-state index in [1.54, 1.807) is 0 Å². The molecule has 0 aromatic heterocycles. The molecule has 0 saturated carbocycles. The first-order chi connectivity index (χ1) is 13.5. The zero-order valence-electron chi connectivity index (χ0n) is 16.5. The highest BCUT2D eigenvalue weighted by Crippen LogP contribution is 2.25. The molecule has 0 saturated heterocycles. The quantitative estimate of drug-likeness (QED) is 0.315. The summed E-state index contributed by atoms with van der Waals surface area (Å²) in [5.41, 5.74) is 7.13. The van der Waals surface area contributed by atoms with Crippen molar-refractivity contribution in [3.05, 3.63) is 118 Å². The fourth-order valence-corrected chi connectivity index (χ4v) is 3.14. The number of halogens is 2. The van der Waals surface area contributed by atoms with Gasteiger partial charge in [0.25, 0.3) is 0 Å². The summed E-state index contributed by atoms with van der Waals surface area (Å²) in [6, 6.07) is 32.8. The Bertz CT molecular complexity index is 958. The van der Waals surface area contributed by atoms with Gasteiger partial charge in [-0.05, 0) is 71.5 Å². The second-order valence-electron chi connectivity index (χ2n) is 6.66. The Labute approximate surface area is 182 Å². The molecule has 2 N–H and O–H groups in total. The molecule has 29 heavy (non-hydrogen) atoms. The number of aryl methyl sites for hydroxylation is 2. The van der Waals surface area contributed by atoms with Crippen LogP contribution in [0.5, 0.6) is 0 Å². The van der Waals surface area contributed by atoms with Crippen LogP contribution in [0.3, 0.4) is 0 Å². The van der Waals surface area contributed by atoms with Crippen molar-refractivity contribution in [3.63, 3.8) is 0 Å². The summed E-state index contributed by atoms with van der Waals surface area (Å²) in [5.74, 6) is 0. The minimum absolute atomic E-state index is 0. The van der Waals surface area contributed by atoms with Gasteiger partial charge in [-0.25, -0.2) is 0 Å². The number of benzene rings is 4. The molecule has 1 nitrogen and oxygen atoms in total. The molecule has 0 amide bonds. The Kier molecular flexibility index (Phi) is 8.48. The molecule has 0 heterocycles. The fraction of sp³-hybridized carbons (Fsp3) is 0.0769. The minimum atomic E-state index is 0. The molecule has 148 valence electrons. The third-order valence-corrected chi connectivity index (χ3v) is 5.38. The first-order valence-corrected chi connectivity index (χ1v) is 9.93. The van der Waals surface area contributed by atoms with Crippen LogP contribution in [0.25, 0.3) is 22.3 Å². The van der Waals surface area contributed by atoms with Crippen LogP contribution in [-0.4, -0.2) is 5.48 Å². The van der Waals surface area contributed by atoms with Crippen LogP contribution in [0.2, 0.25) is 10.0 Å². The van der Waals surface area contributed by atoms with Crippen molar-refractivity contribution in [1.29, 1.82) is 0 Å². The maximum atomic E-state index is 5.97. The van der Waals surface area contributed by atoms with E-state index in [-0.39, 0.29) is 5.48 Å². The van der Waals surface area contributed by atoms with Crippen molar-refractivity contribution >= 4 is 23.2 Å². The van der Waals surface area contributed by atoms with Gasteiger partial charge in [0.2, 0.25) is 0 Å². The van der Waals surface area contributed by atoms with Gasteiger partial charge in [0.1, 0.15) is 0 Å². The van der Waals surface area contributed by atoms with E-state index >= 15 is 0 Å². The lowest BCUT2D eigenvalue weighted by atomic mass is 10.0. The van der Waals surface area contributed by atoms with Crippen LogP contribution < -0.4 is 0 Å². The topological polar surface area (TPSA) is 31.5 Å². The van der Waals surface area contributed by atoms with Crippen molar-refractivity contribution < 1.29 is 5.48 Å². The summed E-state index contributed by atoms with van der Waals surface area (Å²) in [5, 5.41) is 1.65. The van der Waals surface area contributed by atoms with E-state index in [1.807, 2.05) is 74.5 Å². The molecule has 0 radical (unpaired) electrons. The molecule has 0 unspecified atom stereocenters. The third-order valence-electron chi connectivity index (χ3n) is 4.53. The lowest BCUT2D eigenvalue weighted by Crippen LogP contribution is -1.79. The second-order valence-corrected chi connectivity index (χ2v) is 7.47. The maximum Gasteiger partial charge on any atom is 0.0435 e. The Morgan fingerprint density at radius 1 is 0.448 bits per heavy atom. The molecule has 3 heteroatoms. The number of hydrogen-bond acceptors (Lipinski definition) is 0. The summed E-state index contributed by atoms with van der Waals surface area (Å²) in [7, 11) is 0. The molecular weight excluding hydrogens is 399 g/mol. The molecule has 0 bridgehead atoms. The normalized spacial score (nSPS) is 9.79. The molecule has 0 aliphatic rings. The fourth-order valence-electron chi connectivity index (χ4n) is 2.91.